The van der Waals surface area contributed by atoms with Gasteiger partial charge >= 0.3 is 0 Å². The van der Waals surface area contributed by atoms with Gasteiger partial charge in [-0.2, -0.15) is 13.3 Å². The van der Waals surface area contributed by atoms with Gasteiger partial charge in [0.1, 0.15) is 0 Å². The molecule has 1 fully saturated rings. The second-order valence-electron chi connectivity index (χ2n) is 10.3. The van der Waals surface area contributed by atoms with Gasteiger partial charge in [-0.1, -0.05) is 64.2 Å². The summed E-state index contributed by atoms with van der Waals surface area (Å²) in [4.78, 5) is 0. The molecule has 0 aromatic rings. The molecular formula is C27H47O-. The van der Waals surface area contributed by atoms with Crippen molar-refractivity contribution in [2.75, 3.05) is 0 Å². The average molecular weight is 388 g/mol. The third-order valence-corrected chi connectivity index (χ3v) is 7.47. The Morgan fingerprint density at radius 1 is 1.32 bits per heavy atom. The number of unbranched alkanes of at least 4 members (excludes halogenated alkanes) is 2. The quantitative estimate of drug-likeness (QED) is 0.196. The van der Waals surface area contributed by atoms with E-state index >= 15 is 0 Å². The maximum Gasteiger partial charge on any atom is 0.0820 e. The molecule has 1 aliphatic heterocycles. The highest BCUT2D eigenvalue weighted by Crippen LogP contribution is 2.43. The van der Waals surface area contributed by atoms with Gasteiger partial charge in [0, 0.05) is 0 Å². The van der Waals surface area contributed by atoms with E-state index in [0.29, 0.717) is 12.0 Å². The second kappa shape index (κ2) is 11.6. The summed E-state index contributed by atoms with van der Waals surface area (Å²) in [7, 11) is 0. The van der Waals surface area contributed by atoms with Crippen molar-refractivity contribution in [2.45, 2.75) is 124 Å². The molecule has 5 unspecified atom stereocenters. The Morgan fingerprint density at radius 2 is 2.07 bits per heavy atom. The van der Waals surface area contributed by atoms with Gasteiger partial charge < -0.3 is 11.2 Å². The van der Waals surface area contributed by atoms with Crippen LogP contribution in [-0.4, -0.2) is 11.7 Å². The Labute approximate surface area is 176 Å². The van der Waals surface area contributed by atoms with Crippen molar-refractivity contribution in [1.29, 1.82) is 0 Å². The van der Waals surface area contributed by atoms with Crippen LogP contribution in [0, 0.1) is 24.2 Å². The Kier molecular flexibility index (Phi) is 9.81. The highest BCUT2D eigenvalue weighted by Gasteiger charge is 2.40. The van der Waals surface area contributed by atoms with Gasteiger partial charge in [0.05, 0.1) is 11.7 Å². The summed E-state index contributed by atoms with van der Waals surface area (Å²) in [5.41, 5.74) is 3.27. The van der Waals surface area contributed by atoms with Crippen LogP contribution in [0.4, 0.5) is 0 Å². The van der Waals surface area contributed by atoms with Crippen LogP contribution in [0.2, 0.25) is 0 Å². The Bertz CT molecular complexity index is 516. The molecule has 0 amide bonds. The summed E-state index contributed by atoms with van der Waals surface area (Å²) in [5.74, 6) is 2.27. The van der Waals surface area contributed by atoms with Gasteiger partial charge in [0.15, 0.2) is 0 Å². The molecule has 0 bridgehead atoms. The number of ether oxygens (including phenoxy) is 1. The zero-order valence-electron chi connectivity index (χ0n) is 19.7. The van der Waals surface area contributed by atoms with E-state index in [2.05, 4.69) is 60.1 Å². The molecule has 0 saturated carbocycles. The van der Waals surface area contributed by atoms with Gasteiger partial charge in [-0.15, -0.1) is 0 Å². The highest BCUT2D eigenvalue weighted by molar-refractivity contribution is 5.18. The highest BCUT2D eigenvalue weighted by atomic mass is 16.5. The number of hydrogen-bond donors (Lipinski definition) is 0. The van der Waals surface area contributed by atoms with Gasteiger partial charge in [0.25, 0.3) is 0 Å². The van der Waals surface area contributed by atoms with Gasteiger partial charge in [-0.3, -0.25) is 0 Å². The zero-order valence-corrected chi connectivity index (χ0v) is 19.7. The molecule has 0 aromatic heterocycles. The van der Waals surface area contributed by atoms with Crippen molar-refractivity contribution in [3.8, 4) is 0 Å². The maximum atomic E-state index is 6.72. The molecule has 1 saturated heterocycles. The molecule has 1 heterocycles. The van der Waals surface area contributed by atoms with Crippen LogP contribution in [0.25, 0.3) is 0 Å². The van der Waals surface area contributed by atoms with Crippen molar-refractivity contribution >= 4 is 0 Å². The van der Waals surface area contributed by atoms with Crippen LogP contribution < -0.4 is 0 Å². The number of hydrogen-bond acceptors (Lipinski definition) is 1. The first kappa shape index (κ1) is 23.7. The summed E-state index contributed by atoms with van der Waals surface area (Å²) < 4.78 is 6.72. The molecule has 1 nitrogen and oxygen atoms in total. The smallest absolute Gasteiger partial charge is 0.0820 e. The predicted octanol–water partition coefficient (Wildman–Crippen LogP) is 8.45. The monoisotopic (exact) mass is 387 g/mol. The van der Waals surface area contributed by atoms with Crippen LogP contribution in [0.15, 0.2) is 23.3 Å². The molecule has 28 heavy (non-hydrogen) atoms. The van der Waals surface area contributed by atoms with E-state index in [1.54, 1.807) is 11.1 Å². The summed E-state index contributed by atoms with van der Waals surface area (Å²) in [6.07, 6.45) is 21.6. The molecule has 1 aliphatic carbocycles. The van der Waals surface area contributed by atoms with Crippen molar-refractivity contribution in [2.24, 2.45) is 17.8 Å². The first-order valence-corrected chi connectivity index (χ1v) is 12.1. The molecule has 0 radical (unpaired) electrons. The summed E-state index contributed by atoms with van der Waals surface area (Å²) in [5, 5.41) is 0. The minimum atomic E-state index is 0.0999. The Hall–Kier alpha value is -0.560. The molecular weight excluding hydrogens is 340 g/mol. The zero-order chi connectivity index (χ0) is 20.6. The van der Waals surface area contributed by atoms with E-state index in [1.807, 2.05) is 0 Å². The predicted molar refractivity (Wildman–Crippen MR) is 123 cm³/mol. The Balaban J connectivity index is 1.66. The lowest BCUT2D eigenvalue weighted by Crippen LogP contribution is -2.45. The molecule has 162 valence electrons. The minimum absolute atomic E-state index is 0.0999. The molecule has 5 atom stereocenters. The largest absolute Gasteiger partial charge is 0.367 e. The first-order chi connectivity index (χ1) is 13.3. The van der Waals surface area contributed by atoms with Crippen LogP contribution >= 0.6 is 0 Å². The molecule has 0 spiro atoms. The lowest BCUT2D eigenvalue weighted by molar-refractivity contribution is -0.125. The fourth-order valence-corrected chi connectivity index (χ4v) is 4.99. The van der Waals surface area contributed by atoms with Crippen LogP contribution in [0.1, 0.15) is 112 Å². The average Bonchev–Trinajstić information content (AvgIpc) is 2.65. The standard InChI is InChI=1S/C27H47O/c1-7-8-9-12-21(2)13-10-14-22(3)15-11-19-27(6)20-18-25-17-16-23(4)24(5)26(25)28-27/h7,12,17,22-24,26H,8-11,13-16,18-20H2,1-6H3/q-1/b21-12+. The van der Waals surface area contributed by atoms with Gasteiger partial charge in [0.2, 0.25) is 0 Å². The van der Waals surface area contributed by atoms with E-state index in [1.165, 1.54) is 70.6 Å². The van der Waals surface area contributed by atoms with E-state index in [-0.39, 0.29) is 5.60 Å². The Morgan fingerprint density at radius 3 is 2.82 bits per heavy atom. The fraction of sp³-hybridized carbons (Fsp3) is 0.815. The lowest BCUT2D eigenvalue weighted by Gasteiger charge is -2.46. The van der Waals surface area contributed by atoms with Crippen molar-refractivity contribution in [3.05, 3.63) is 29.7 Å². The SMILES string of the molecule is C[CH-]CC/C=C(\C)CCCC(C)CCCC1(C)CCC2=CCC(C)C(C)C2O1. The minimum Gasteiger partial charge on any atom is -0.367 e. The van der Waals surface area contributed by atoms with E-state index < -0.39 is 0 Å². The third kappa shape index (κ3) is 7.36. The van der Waals surface area contributed by atoms with E-state index in [9.17, 15) is 0 Å². The van der Waals surface area contributed by atoms with Crippen molar-refractivity contribution in [1.82, 2.24) is 0 Å². The third-order valence-electron chi connectivity index (χ3n) is 7.47. The number of allylic oxidation sites excluding steroid dienone is 3. The van der Waals surface area contributed by atoms with Crippen LogP contribution in [0.5, 0.6) is 0 Å². The summed E-state index contributed by atoms with van der Waals surface area (Å²) >= 11 is 0. The van der Waals surface area contributed by atoms with Gasteiger partial charge in [-0.25, -0.2) is 0 Å². The topological polar surface area (TPSA) is 9.23 Å². The number of fused-ring (bicyclic) bond motifs is 1. The maximum absolute atomic E-state index is 6.72. The molecule has 0 aromatic carbocycles. The normalized spacial score (nSPS) is 32.0. The summed E-state index contributed by atoms with van der Waals surface area (Å²) in [6.45, 7) is 14.1. The summed E-state index contributed by atoms with van der Waals surface area (Å²) in [6, 6.07) is 0. The molecule has 1 heteroatoms. The van der Waals surface area contributed by atoms with Crippen molar-refractivity contribution < 1.29 is 4.74 Å². The van der Waals surface area contributed by atoms with Gasteiger partial charge in [-0.05, 0) is 75.7 Å². The van der Waals surface area contributed by atoms with E-state index in [0.717, 1.165) is 11.8 Å². The number of rotatable bonds is 11. The molecule has 0 N–H and O–H groups in total. The lowest BCUT2D eigenvalue weighted by atomic mass is 9.74. The fourth-order valence-electron chi connectivity index (χ4n) is 4.99. The van der Waals surface area contributed by atoms with Crippen LogP contribution in [0.3, 0.4) is 0 Å². The van der Waals surface area contributed by atoms with Crippen molar-refractivity contribution in [3.63, 3.8) is 0 Å². The second-order valence-corrected chi connectivity index (χ2v) is 10.3. The molecule has 2 rings (SSSR count). The first-order valence-electron chi connectivity index (χ1n) is 12.1. The van der Waals surface area contributed by atoms with E-state index in [4.69, 9.17) is 4.74 Å². The molecule has 2 aliphatic rings. The van der Waals surface area contributed by atoms with Crippen LogP contribution in [-0.2, 0) is 4.74 Å².